The molecule has 2 fully saturated rings. The molecule has 2 aliphatic rings. The van der Waals surface area contributed by atoms with E-state index in [0.717, 1.165) is 52.0 Å². The third-order valence-corrected chi connectivity index (χ3v) is 5.87. The lowest BCUT2D eigenvalue weighted by molar-refractivity contribution is -0.139. The molecule has 1 aromatic rings. The fourth-order valence-electron chi connectivity index (χ4n) is 4.39. The van der Waals surface area contributed by atoms with E-state index in [0.29, 0.717) is 11.3 Å². The highest BCUT2D eigenvalue weighted by Crippen LogP contribution is 2.38. The first-order valence-electron chi connectivity index (χ1n) is 9.75. The zero-order valence-electron chi connectivity index (χ0n) is 15.9. The Morgan fingerprint density at radius 3 is 2.64 bits per heavy atom. The maximum Gasteiger partial charge on any atom is 0.222 e. The Balaban J connectivity index is 1.57. The first-order valence-corrected chi connectivity index (χ1v) is 9.75. The zero-order chi connectivity index (χ0) is 17.7. The van der Waals surface area contributed by atoms with E-state index in [2.05, 4.69) is 59.1 Å². The van der Waals surface area contributed by atoms with E-state index < -0.39 is 0 Å². The van der Waals surface area contributed by atoms with E-state index in [4.69, 9.17) is 0 Å². The Labute approximate surface area is 152 Å². The molecule has 3 rings (SSSR count). The third kappa shape index (κ3) is 5.05. The van der Waals surface area contributed by atoms with Crippen LogP contribution in [0.3, 0.4) is 0 Å². The molecule has 1 aromatic carbocycles. The average Bonchev–Trinajstić information content (AvgIpc) is 2.62. The van der Waals surface area contributed by atoms with Crippen LogP contribution in [-0.4, -0.2) is 74.0 Å². The Bertz CT molecular complexity index is 560. The summed E-state index contributed by atoms with van der Waals surface area (Å²) in [5, 5.41) is 0. The van der Waals surface area contributed by atoms with Crippen molar-refractivity contribution < 1.29 is 4.79 Å². The van der Waals surface area contributed by atoms with Gasteiger partial charge in [-0.3, -0.25) is 4.79 Å². The van der Waals surface area contributed by atoms with Crippen molar-refractivity contribution in [2.75, 3.05) is 53.4 Å². The highest BCUT2D eigenvalue weighted by Gasteiger charge is 2.41. The first-order chi connectivity index (χ1) is 12.1. The molecule has 2 saturated heterocycles. The second kappa shape index (κ2) is 8.33. The van der Waals surface area contributed by atoms with Gasteiger partial charge >= 0.3 is 0 Å². The molecule has 0 saturated carbocycles. The summed E-state index contributed by atoms with van der Waals surface area (Å²) in [7, 11) is 4.29. The summed E-state index contributed by atoms with van der Waals surface area (Å²) >= 11 is 0. The Hall–Kier alpha value is -1.39. The van der Waals surface area contributed by atoms with Crippen molar-refractivity contribution in [3.63, 3.8) is 0 Å². The third-order valence-electron chi connectivity index (χ3n) is 5.87. The van der Waals surface area contributed by atoms with Crippen molar-refractivity contribution in [3.05, 3.63) is 35.9 Å². The van der Waals surface area contributed by atoms with Crippen LogP contribution in [0.15, 0.2) is 30.3 Å². The molecule has 2 aliphatic heterocycles. The van der Waals surface area contributed by atoms with Crippen molar-refractivity contribution in [3.8, 4) is 0 Å². The average molecular weight is 344 g/mol. The molecule has 1 atom stereocenters. The lowest BCUT2D eigenvalue weighted by Gasteiger charge is -2.48. The molecule has 1 spiro atoms. The Kier molecular flexibility index (Phi) is 6.13. The van der Waals surface area contributed by atoms with E-state index in [1.54, 1.807) is 0 Å². The molecule has 4 nitrogen and oxygen atoms in total. The number of hydrogen-bond donors (Lipinski definition) is 0. The quantitative estimate of drug-likeness (QED) is 0.794. The fourth-order valence-corrected chi connectivity index (χ4v) is 4.39. The number of hydrogen-bond acceptors (Lipinski definition) is 3. The number of carbonyl (C=O) groups excluding carboxylic acids is 1. The predicted molar refractivity (Wildman–Crippen MR) is 103 cm³/mol. The maximum absolute atomic E-state index is 12.4. The SMILES string of the molecule is CN(C)CCN1CCCC2(CCC(=O)N(CCc3ccccc3)C2)C1. The Morgan fingerprint density at radius 2 is 1.88 bits per heavy atom. The molecule has 0 aliphatic carbocycles. The molecule has 0 radical (unpaired) electrons. The van der Waals surface area contributed by atoms with Gasteiger partial charge in [-0.1, -0.05) is 30.3 Å². The van der Waals surface area contributed by atoms with Crippen molar-refractivity contribution in [1.82, 2.24) is 14.7 Å². The van der Waals surface area contributed by atoms with Crippen molar-refractivity contribution in [2.24, 2.45) is 5.41 Å². The molecule has 0 N–H and O–H groups in total. The summed E-state index contributed by atoms with van der Waals surface area (Å²) in [6.07, 6.45) is 5.32. The standard InChI is InChI=1S/C21H33N3O/c1-22(2)15-16-23-13-6-11-21(17-23)12-9-20(25)24(18-21)14-10-19-7-4-3-5-8-19/h3-5,7-8H,6,9-18H2,1-2H3. The summed E-state index contributed by atoms with van der Waals surface area (Å²) in [6.45, 7) is 6.46. The highest BCUT2D eigenvalue weighted by molar-refractivity contribution is 5.77. The van der Waals surface area contributed by atoms with Crippen LogP contribution >= 0.6 is 0 Å². The minimum absolute atomic E-state index is 0.329. The monoisotopic (exact) mass is 343 g/mol. The molecule has 0 bridgehead atoms. The van der Waals surface area contributed by atoms with Gasteiger partial charge in [0, 0.05) is 44.6 Å². The van der Waals surface area contributed by atoms with E-state index >= 15 is 0 Å². The molecule has 4 heteroatoms. The van der Waals surface area contributed by atoms with Gasteiger partial charge in [0.25, 0.3) is 0 Å². The van der Waals surface area contributed by atoms with Crippen molar-refractivity contribution >= 4 is 5.91 Å². The number of piperidine rings is 2. The van der Waals surface area contributed by atoms with Crippen LogP contribution in [0.1, 0.15) is 31.2 Å². The van der Waals surface area contributed by atoms with Crippen LogP contribution in [0.25, 0.3) is 0 Å². The summed E-state index contributed by atoms with van der Waals surface area (Å²) in [4.78, 5) is 19.5. The predicted octanol–water partition coefficient (Wildman–Crippen LogP) is 2.50. The summed E-state index contributed by atoms with van der Waals surface area (Å²) in [5.74, 6) is 0.354. The number of carbonyl (C=O) groups is 1. The second-order valence-electron chi connectivity index (χ2n) is 8.23. The normalized spacial score (nSPS) is 25.1. The number of likely N-dealkylation sites (tertiary alicyclic amines) is 2. The van der Waals surface area contributed by atoms with Crippen molar-refractivity contribution in [1.29, 1.82) is 0 Å². The van der Waals surface area contributed by atoms with Gasteiger partial charge < -0.3 is 14.7 Å². The molecule has 1 unspecified atom stereocenters. The maximum atomic E-state index is 12.4. The lowest BCUT2D eigenvalue weighted by atomic mass is 9.73. The van der Waals surface area contributed by atoms with Gasteiger partial charge in [0.15, 0.2) is 0 Å². The molecule has 0 aromatic heterocycles. The van der Waals surface area contributed by atoms with Gasteiger partial charge in [0.2, 0.25) is 5.91 Å². The minimum atomic E-state index is 0.329. The number of rotatable bonds is 6. The summed E-state index contributed by atoms with van der Waals surface area (Å²) in [6, 6.07) is 10.5. The van der Waals surface area contributed by atoms with Crippen LogP contribution in [0, 0.1) is 5.41 Å². The van der Waals surface area contributed by atoms with Crippen LogP contribution in [0.5, 0.6) is 0 Å². The second-order valence-corrected chi connectivity index (χ2v) is 8.23. The summed E-state index contributed by atoms with van der Waals surface area (Å²) in [5.41, 5.74) is 1.65. The fraction of sp³-hybridized carbons (Fsp3) is 0.667. The van der Waals surface area contributed by atoms with Crippen LogP contribution in [0.4, 0.5) is 0 Å². The Morgan fingerprint density at radius 1 is 1.08 bits per heavy atom. The van der Waals surface area contributed by atoms with Gasteiger partial charge in [-0.15, -0.1) is 0 Å². The molecule has 2 heterocycles. The zero-order valence-corrected chi connectivity index (χ0v) is 15.9. The van der Waals surface area contributed by atoms with Gasteiger partial charge in [0.05, 0.1) is 0 Å². The van der Waals surface area contributed by atoms with E-state index in [1.165, 1.54) is 24.9 Å². The number of likely N-dealkylation sites (N-methyl/N-ethyl adjacent to an activating group) is 1. The van der Waals surface area contributed by atoms with E-state index in [-0.39, 0.29) is 0 Å². The topological polar surface area (TPSA) is 26.8 Å². The molecule has 138 valence electrons. The van der Waals surface area contributed by atoms with Gasteiger partial charge in [-0.2, -0.15) is 0 Å². The van der Waals surface area contributed by atoms with Gasteiger partial charge in [0.1, 0.15) is 0 Å². The van der Waals surface area contributed by atoms with Crippen LogP contribution < -0.4 is 0 Å². The lowest BCUT2D eigenvalue weighted by Crippen LogP contribution is -2.54. The number of benzene rings is 1. The molecule has 1 amide bonds. The number of amides is 1. The largest absolute Gasteiger partial charge is 0.342 e. The van der Waals surface area contributed by atoms with Crippen LogP contribution in [-0.2, 0) is 11.2 Å². The van der Waals surface area contributed by atoms with Crippen LogP contribution in [0.2, 0.25) is 0 Å². The summed E-state index contributed by atoms with van der Waals surface area (Å²) < 4.78 is 0. The number of nitrogens with zero attached hydrogens (tertiary/aromatic N) is 3. The first kappa shape index (κ1) is 18.4. The van der Waals surface area contributed by atoms with Crippen molar-refractivity contribution in [2.45, 2.75) is 32.1 Å². The van der Waals surface area contributed by atoms with Gasteiger partial charge in [-0.05, 0) is 51.9 Å². The van der Waals surface area contributed by atoms with E-state index in [1.807, 2.05) is 0 Å². The van der Waals surface area contributed by atoms with E-state index in [9.17, 15) is 4.79 Å². The molecule has 25 heavy (non-hydrogen) atoms. The van der Waals surface area contributed by atoms with Gasteiger partial charge in [-0.25, -0.2) is 0 Å². The minimum Gasteiger partial charge on any atom is -0.342 e. The smallest absolute Gasteiger partial charge is 0.222 e. The molecular formula is C21H33N3O. The molecular weight excluding hydrogens is 310 g/mol. The highest BCUT2D eigenvalue weighted by atomic mass is 16.2.